The van der Waals surface area contributed by atoms with Crippen molar-refractivity contribution < 1.29 is 18.4 Å². The van der Waals surface area contributed by atoms with Crippen molar-refractivity contribution in [2.45, 2.75) is 6.18 Å². The number of nitrogens with zero attached hydrogens (tertiary/aromatic N) is 2. The minimum absolute atomic E-state index is 0.215. The van der Waals surface area contributed by atoms with E-state index in [1.807, 2.05) is 0 Å². The van der Waals surface area contributed by atoms with Crippen molar-refractivity contribution in [1.29, 1.82) is 0 Å². The lowest BCUT2D eigenvalue weighted by atomic mass is 10.1. The summed E-state index contributed by atoms with van der Waals surface area (Å²) in [6.07, 6.45) is -4.33. The zero-order valence-corrected chi connectivity index (χ0v) is 11.0. The average Bonchev–Trinajstić information content (AvgIpc) is 2.25. The summed E-state index contributed by atoms with van der Waals surface area (Å²) in [5.41, 5.74) is 5.89. The molecule has 0 saturated heterocycles. The van der Waals surface area contributed by atoms with Gasteiger partial charge in [-0.05, 0) is 28.1 Å². The number of rotatable bonds is 3. The van der Waals surface area contributed by atoms with Crippen LogP contribution in [0.15, 0.2) is 27.8 Å². The summed E-state index contributed by atoms with van der Waals surface area (Å²) >= 11 is 3.16. The summed E-state index contributed by atoms with van der Waals surface area (Å²) in [6, 6.07) is 4.63. The van der Waals surface area contributed by atoms with E-state index in [0.29, 0.717) is 4.47 Å². The molecule has 0 unspecified atom stereocenters. The van der Waals surface area contributed by atoms with Gasteiger partial charge in [0.1, 0.15) is 6.54 Å². The number of hydrogen-bond donors (Lipinski definition) is 2. The van der Waals surface area contributed by atoms with E-state index < -0.39 is 12.7 Å². The number of anilines is 1. The smallest absolute Gasteiger partial charge is 0.405 e. The second kappa shape index (κ2) is 5.47. The third-order valence-electron chi connectivity index (χ3n) is 2.18. The van der Waals surface area contributed by atoms with Crippen LogP contribution in [-0.4, -0.2) is 30.8 Å². The summed E-state index contributed by atoms with van der Waals surface area (Å²) in [5, 5.41) is 11.5. The van der Waals surface area contributed by atoms with Gasteiger partial charge in [-0.2, -0.15) is 13.2 Å². The highest BCUT2D eigenvalue weighted by molar-refractivity contribution is 9.10. The predicted molar refractivity (Wildman–Crippen MR) is 66.0 cm³/mol. The maximum absolute atomic E-state index is 12.3. The summed E-state index contributed by atoms with van der Waals surface area (Å²) in [4.78, 5) is 0.984. The van der Waals surface area contributed by atoms with E-state index >= 15 is 0 Å². The van der Waals surface area contributed by atoms with E-state index in [9.17, 15) is 13.2 Å². The van der Waals surface area contributed by atoms with Crippen LogP contribution in [0.5, 0.6) is 0 Å². The molecule has 0 atom stereocenters. The lowest BCUT2D eigenvalue weighted by molar-refractivity contribution is -0.119. The van der Waals surface area contributed by atoms with Gasteiger partial charge < -0.3 is 15.8 Å². The fourth-order valence-corrected chi connectivity index (χ4v) is 2.05. The highest BCUT2D eigenvalue weighted by atomic mass is 79.9. The minimum Gasteiger partial charge on any atom is -0.409 e. The van der Waals surface area contributed by atoms with Crippen molar-refractivity contribution in [1.82, 2.24) is 0 Å². The van der Waals surface area contributed by atoms with E-state index in [4.69, 9.17) is 10.9 Å². The van der Waals surface area contributed by atoms with Gasteiger partial charge in [-0.25, -0.2) is 0 Å². The molecule has 1 aromatic rings. The standard InChI is InChI=1S/C10H11BrF3N3O/c1-17(5-10(12,13)14)7-4-2-3-6(11)8(7)9(15)16-18/h2-4,18H,5H2,1H3,(H2,15,16). The molecule has 0 saturated carbocycles. The predicted octanol–water partition coefficient (Wildman–Crippen LogP) is 2.54. The van der Waals surface area contributed by atoms with Gasteiger partial charge in [0.2, 0.25) is 0 Å². The van der Waals surface area contributed by atoms with E-state index in [1.165, 1.54) is 13.1 Å². The van der Waals surface area contributed by atoms with E-state index in [1.54, 1.807) is 12.1 Å². The van der Waals surface area contributed by atoms with Gasteiger partial charge in [0.25, 0.3) is 0 Å². The van der Waals surface area contributed by atoms with Gasteiger partial charge in [0.15, 0.2) is 5.84 Å². The van der Waals surface area contributed by atoms with Crippen LogP contribution in [-0.2, 0) is 0 Å². The Kier molecular flexibility index (Phi) is 4.44. The number of benzene rings is 1. The number of oxime groups is 1. The Hall–Kier alpha value is -1.44. The summed E-state index contributed by atoms with van der Waals surface area (Å²) in [7, 11) is 1.28. The van der Waals surface area contributed by atoms with Crippen LogP contribution in [0.4, 0.5) is 18.9 Å². The van der Waals surface area contributed by atoms with E-state index in [-0.39, 0.29) is 17.1 Å². The zero-order valence-electron chi connectivity index (χ0n) is 9.37. The minimum atomic E-state index is -4.33. The normalized spacial score (nSPS) is 12.6. The zero-order chi connectivity index (χ0) is 13.9. The Morgan fingerprint density at radius 3 is 2.61 bits per heavy atom. The molecule has 0 bridgehead atoms. The number of nitrogens with two attached hydrogens (primary N) is 1. The third-order valence-corrected chi connectivity index (χ3v) is 2.84. The Labute approximate surface area is 110 Å². The molecule has 0 aliphatic carbocycles. The van der Waals surface area contributed by atoms with Crippen molar-refractivity contribution in [2.24, 2.45) is 10.9 Å². The molecule has 0 fully saturated rings. The quantitative estimate of drug-likeness (QED) is 0.388. The van der Waals surface area contributed by atoms with Crippen LogP contribution < -0.4 is 10.6 Å². The van der Waals surface area contributed by atoms with Gasteiger partial charge in [0.05, 0.1) is 5.56 Å². The maximum atomic E-state index is 12.3. The molecular formula is C10H11BrF3N3O. The van der Waals surface area contributed by atoms with Crippen LogP contribution in [0.1, 0.15) is 5.56 Å². The SMILES string of the molecule is CN(CC(F)(F)F)c1cccc(Br)c1/C(N)=N/O. The second-order valence-electron chi connectivity index (χ2n) is 3.59. The molecule has 1 rings (SSSR count). The van der Waals surface area contributed by atoms with Gasteiger partial charge in [-0.1, -0.05) is 11.2 Å². The first-order chi connectivity index (χ1) is 8.26. The largest absolute Gasteiger partial charge is 0.409 e. The van der Waals surface area contributed by atoms with E-state index in [2.05, 4.69) is 21.1 Å². The average molecular weight is 326 g/mol. The highest BCUT2D eigenvalue weighted by Gasteiger charge is 2.30. The molecule has 100 valence electrons. The molecule has 0 spiro atoms. The fourth-order valence-electron chi connectivity index (χ4n) is 1.49. The fraction of sp³-hybridized carbons (Fsp3) is 0.300. The monoisotopic (exact) mass is 325 g/mol. The first-order valence-corrected chi connectivity index (χ1v) is 5.60. The molecule has 0 aromatic heterocycles. The molecule has 1 aromatic carbocycles. The molecular weight excluding hydrogens is 315 g/mol. The van der Waals surface area contributed by atoms with Crippen LogP contribution in [0, 0.1) is 0 Å². The van der Waals surface area contributed by atoms with Crippen molar-refractivity contribution >= 4 is 27.5 Å². The topological polar surface area (TPSA) is 61.8 Å². The Morgan fingerprint density at radius 1 is 1.50 bits per heavy atom. The first kappa shape index (κ1) is 14.6. The van der Waals surface area contributed by atoms with Gasteiger partial charge in [0, 0.05) is 17.2 Å². The van der Waals surface area contributed by atoms with Crippen LogP contribution in [0.2, 0.25) is 0 Å². The Balaban J connectivity index is 3.20. The molecule has 18 heavy (non-hydrogen) atoms. The lowest BCUT2D eigenvalue weighted by Crippen LogP contribution is -2.32. The van der Waals surface area contributed by atoms with Crippen LogP contribution in [0.3, 0.4) is 0 Å². The number of alkyl halides is 3. The molecule has 4 nitrogen and oxygen atoms in total. The Morgan fingerprint density at radius 2 is 2.11 bits per heavy atom. The number of halogens is 4. The third kappa shape index (κ3) is 3.52. The molecule has 3 N–H and O–H groups in total. The molecule has 0 amide bonds. The van der Waals surface area contributed by atoms with Crippen LogP contribution in [0.25, 0.3) is 0 Å². The van der Waals surface area contributed by atoms with Gasteiger partial charge in [-0.3, -0.25) is 0 Å². The number of hydrogen-bond acceptors (Lipinski definition) is 3. The second-order valence-corrected chi connectivity index (χ2v) is 4.44. The summed E-state index contributed by atoms with van der Waals surface area (Å²) < 4.78 is 37.5. The first-order valence-electron chi connectivity index (χ1n) is 4.80. The van der Waals surface area contributed by atoms with Crippen molar-refractivity contribution in [3.05, 3.63) is 28.2 Å². The van der Waals surface area contributed by atoms with E-state index in [0.717, 1.165) is 4.90 Å². The van der Waals surface area contributed by atoms with Crippen molar-refractivity contribution in [3.8, 4) is 0 Å². The molecule has 0 radical (unpaired) electrons. The van der Waals surface area contributed by atoms with Crippen molar-refractivity contribution in [2.75, 3.05) is 18.5 Å². The van der Waals surface area contributed by atoms with Crippen LogP contribution >= 0.6 is 15.9 Å². The number of amidine groups is 1. The lowest BCUT2D eigenvalue weighted by Gasteiger charge is -2.23. The molecule has 0 aliphatic rings. The molecule has 0 aliphatic heterocycles. The summed E-state index contributed by atoms with van der Waals surface area (Å²) in [5.74, 6) is -0.258. The maximum Gasteiger partial charge on any atom is 0.405 e. The van der Waals surface area contributed by atoms with Crippen molar-refractivity contribution in [3.63, 3.8) is 0 Å². The van der Waals surface area contributed by atoms with Gasteiger partial charge >= 0.3 is 6.18 Å². The molecule has 0 heterocycles. The summed E-state index contributed by atoms with van der Waals surface area (Å²) in [6.45, 7) is -1.13. The Bertz CT molecular complexity index is 462. The van der Waals surface area contributed by atoms with Gasteiger partial charge in [-0.15, -0.1) is 0 Å². The highest BCUT2D eigenvalue weighted by Crippen LogP contribution is 2.29. The molecule has 8 heteroatoms.